The number of benzene rings is 2. The van der Waals surface area contributed by atoms with Crippen molar-refractivity contribution in [2.75, 3.05) is 7.11 Å². The number of para-hydroxylation sites is 1. The molecule has 1 atom stereocenters. The van der Waals surface area contributed by atoms with Gasteiger partial charge < -0.3 is 9.53 Å². The minimum Gasteiger partial charge on any atom is -0.496 e. The minimum absolute atomic E-state index is 0.0984. The van der Waals surface area contributed by atoms with Crippen LogP contribution >= 0.6 is 11.8 Å². The van der Waals surface area contributed by atoms with Crippen molar-refractivity contribution >= 4 is 18.0 Å². The second-order valence-corrected chi connectivity index (χ2v) is 5.41. The van der Waals surface area contributed by atoms with E-state index in [1.807, 2.05) is 54.6 Å². The third kappa shape index (κ3) is 3.86. The number of thioether (sulfide) groups is 1. The van der Waals surface area contributed by atoms with E-state index in [-0.39, 0.29) is 5.25 Å². The quantitative estimate of drug-likeness (QED) is 0.593. The summed E-state index contributed by atoms with van der Waals surface area (Å²) in [5, 5.41) is -0.0984. The molecule has 19 heavy (non-hydrogen) atoms. The molecule has 98 valence electrons. The normalized spacial score (nSPS) is 11.8. The Labute approximate surface area is 117 Å². The largest absolute Gasteiger partial charge is 0.496 e. The summed E-state index contributed by atoms with van der Waals surface area (Å²) in [6, 6.07) is 17.8. The van der Waals surface area contributed by atoms with Crippen LogP contribution in [0, 0.1) is 0 Å². The van der Waals surface area contributed by atoms with Crippen molar-refractivity contribution in [3.63, 3.8) is 0 Å². The lowest BCUT2D eigenvalue weighted by molar-refractivity contribution is -0.107. The number of aldehydes is 1. The third-order valence-electron chi connectivity index (χ3n) is 2.78. The Bertz CT molecular complexity index is 525. The van der Waals surface area contributed by atoms with Gasteiger partial charge in [-0.1, -0.05) is 42.5 Å². The standard InChI is InChI=1S/C16H16O2S/c1-18-15-9-5-6-10-16(15)19-14(12-17)11-13-7-3-2-4-8-13/h2-10,12,14H,11H2,1H3. The average Bonchev–Trinajstić information content (AvgIpc) is 2.48. The van der Waals surface area contributed by atoms with E-state index in [4.69, 9.17) is 4.74 Å². The van der Waals surface area contributed by atoms with Gasteiger partial charge in [-0.15, -0.1) is 11.8 Å². The first kappa shape index (κ1) is 13.7. The van der Waals surface area contributed by atoms with Gasteiger partial charge >= 0.3 is 0 Å². The van der Waals surface area contributed by atoms with Gasteiger partial charge in [0.1, 0.15) is 12.0 Å². The van der Waals surface area contributed by atoms with Gasteiger partial charge in [0.25, 0.3) is 0 Å². The fourth-order valence-corrected chi connectivity index (χ4v) is 2.93. The van der Waals surface area contributed by atoms with E-state index in [2.05, 4.69) is 0 Å². The van der Waals surface area contributed by atoms with Crippen LogP contribution in [-0.2, 0) is 11.2 Å². The van der Waals surface area contributed by atoms with Gasteiger partial charge in [-0.25, -0.2) is 0 Å². The number of carbonyl (C=O) groups excluding carboxylic acids is 1. The van der Waals surface area contributed by atoms with Crippen molar-refractivity contribution in [3.8, 4) is 5.75 Å². The van der Waals surface area contributed by atoms with Gasteiger partial charge in [-0.05, 0) is 24.1 Å². The van der Waals surface area contributed by atoms with Crippen LogP contribution in [0.5, 0.6) is 5.75 Å². The third-order valence-corrected chi connectivity index (χ3v) is 3.95. The zero-order valence-electron chi connectivity index (χ0n) is 10.8. The topological polar surface area (TPSA) is 26.3 Å². The molecule has 2 nitrogen and oxygen atoms in total. The lowest BCUT2D eigenvalue weighted by atomic mass is 10.1. The molecule has 3 heteroatoms. The van der Waals surface area contributed by atoms with Crippen molar-refractivity contribution in [2.24, 2.45) is 0 Å². The molecule has 0 aromatic heterocycles. The van der Waals surface area contributed by atoms with Crippen LogP contribution in [0.15, 0.2) is 59.5 Å². The van der Waals surface area contributed by atoms with E-state index >= 15 is 0 Å². The van der Waals surface area contributed by atoms with Crippen LogP contribution in [0.25, 0.3) is 0 Å². The Morgan fingerprint density at radius 2 is 1.79 bits per heavy atom. The van der Waals surface area contributed by atoms with Gasteiger partial charge in [0, 0.05) is 0 Å². The Hall–Kier alpha value is -1.74. The second kappa shape index (κ2) is 7.00. The van der Waals surface area contributed by atoms with Crippen molar-refractivity contribution in [1.82, 2.24) is 0 Å². The molecule has 0 saturated carbocycles. The van der Waals surface area contributed by atoms with Crippen LogP contribution in [0.2, 0.25) is 0 Å². The summed E-state index contributed by atoms with van der Waals surface area (Å²) in [5.41, 5.74) is 1.17. The molecule has 2 aromatic carbocycles. The molecule has 0 saturated heterocycles. The van der Waals surface area contributed by atoms with Crippen LogP contribution in [0.1, 0.15) is 5.56 Å². The van der Waals surface area contributed by atoms with Crippen molar-refractivity contribution < 1.29 is 9.53 Å². The van der Waals surface area contributed by atoms with Gasteiger partial charge in [-0.3, -0.25) is 0 Å². The van der Waals surface area contributed by atoms with E-state index in [1.165, 1.54) is 5.56 Å². The van der Waals surface area contributed by atoms with E-state index in [9.17, 15) is 4.79 Å². The van der Waals surface area contributed by atoms with E-state index < -0.39 is 0 Å². The number of methoxy groups -OCH3 is 1. The molecule has 0 N–H and O–H groups in total. The minimum atomic E-state index is -0.0984. The molecule has 0 heterocycles. The lowest BCUT2D eigenvalue weighted by Crippen LogP contribution is -2.08. The molecule has 0 amide bonds. The van der Waals surface area contributed by atoms with Crippen molar-refractivity contribution in [1.29, 1.82) is 0 Å². The maximum atomic E-state index is 11.3. The highest BCUT2D eigenvalue weighted by Crippen LogP contribution is 2.32. The summed E-state index contributed by atoms with van der Waals surface area (Å²) in [6.07, 6.45) is 1.73. The highest BCUT2D eigenvalue weighted by Gasteiger charge is 2.13. The van der Waals surface area contributed by atoms with Crippen molar-refractivity contribution in [2.45, 2.75) is 16.6 Å². The van der Waals surface area contributed by atoms with Gasteiger partial charge in [0.2, 0.25) is 0 Å². The molecular weight excluding hydrogens is 256 g/mol. The SMILES string of the molecule is COc1ccccc1SC(C=O)Cc1ccccc1. The average molecular weight is 272 g/mol. The first-order chi connectivity index (χ1) is 9.33. The Morgan fingerprint density at radius 3 is 2.47 bits per heavy atom. The summed E-state index contributed by atoms with van der Waals surface area (Å²) in [6.45, 7) is 0. The lowest BCUT2D eigenvalue weighted by Gasteiger charge is -2.12. The zero-order valence-corrected chi connectivity index (χ0v) is 11.6. The summed E-state index contributed by atoms with van der Waals surface area (Å²) in [5.74, 6) is 0.812. The number of ether oxygens (including phenoxy) is 1. The fraction of sp³-hybridized carbons (Fsp3) is 0.188. The molecule has 0 bridgehead atoms. The Morgan fingerprint density at radius 1 is 1.11 bits per heavy atom. The van der Waals surface area contributed by atoms with Gasteiger partial charge in [0.15, 0.2) is 0 Å². The molecule has 0 aliphatic rings. The second-order valence-electron chi connectivity index (χ2n) is 4.13. The maximum absolute atomic E-state index is 11.3. The number of carbonyl (C=O) groups is 1. The van der Waals surface area contributed by atoms with Gasteiger partial charge in [-0.2, -0.15) is 0 Å². The number of hydrogen-bond acceptors (Lipinski definition) is 3. The fourth-order valence-electron chi connectivity index (χ4n) is 1.84. The molecule has 2 aromatic rings. The zero-order chi connectivity index (χ0) is 13.5. The molecule has 0 radical (unpaired) electrons. The van der Waals surface area contributed by atoms with E-state index in [0.717, 1.165) is 23.4 Å². The van der Waals surface area contributed by atoms with Crippen LogP contribution in [0.4, 0.5) is 0 Å². The Balaban J connectivity index is 2.09. The van der Waals surface area contributed by atoms with Crippen LogP contribution in [0.3, 0.4) is 0 Å². The summed E-state index contributed by atoms with van der Waals surface area (Å²) in [4.78, 5) is 12.2. The monoisotopic (exact) mass is 272 g/mol. The first-order valence-corrected chi connectivity index (χ1v) is 7.00. The molecule has 0 aliphatic heterocycles. The summed E-state index contributed by atoms with van der Waals surface area (Å²) >= 11 is 1.54. The molecule has 2 rings (SSSR count). The van der Waals surface area contributed by atoms with E-state index in [0.29, 0.717) is 0 Å². The van der Waals surface area contributed by atoms with Gasteiger partial charge in [0.05, 0.1) is 17.3 Å². The summed E-state index contributed by atoms with van der Waals surface area (Å²) in [7, 11) is 1.65. The Kier molecular flexibility index (Phi) is 5.04. The van der Waals surface area contributed by atoms with Crippen molar-refractivity contribution in [3.05, 3.63) is 60.2 Å². The first-order valence-electron chi connectivity index (χ1n) is 6.12. The number of hydrogen-bond donors (Lipinski definition) is 0. The molecule has 1 unspecified atom stereocenters. The maximum Gasteiger partial charge on any atom is 0.133 e. The number of rotatable bonds is 6. The smallest absolute Gasteiger partial charge is 0.133 e. The predicted molar refractivity (Wildman–Crippen MR) is 78.8 cm³/mol. The van der Waals surface area contributed by atoms with Crippen LogP contribution in [-0.4, -0.2) is 18.6 Å². The molecule has 0 spiro atoms. The van der Waals surface area contributed by atoms with Crippen LogP contribution < -0.4 is 4.74 Å². The highest BCUT2D eigenvalue weighted by molar-refractivity contribution is 8.00. The predicted octanol–water partition coefficient (Wildman–Crippen LogP) is 3.60. The highest BCUT2D eigenvalue weighted by atomic mass is 32.2. The molecule has 0 aliphatic carbocycles. The summed E-state index contributed by atoms with van der Waals surface area (Å²) < 4.78 is 5.30. The van der Waals surface area contributed by atoms with E-state index in [1.54, 1.807) is 18.9 Å². The molecular formula is C16H16O2S. The molecule has 0 fully saturated rings.